The zero-order chi connectivity index (χ0) is 53.1. The Morgan fingerprint density at radius 1 is 0.241 bits per heavy atom. The molecule has 13 rings (SSSR count). The van der Waals surface area contributed by atoms with Crippen LogP contribution in [0.25, 0.3) is 44.6 Å². The molecular weight excluding hydrogens is 985 g/mol. The van der Waals surface area contributed by atoms with Gasteiger partial charge in [-0.15, -0.1) is 0 Å². The van der Waals surface area contributed by atoms with Crippen molar-refractivity contribution in [3.63, 3.8) is 0 Å². The third-order valence-electron chi connectivity index (χ3n) is 14.2. The molecule has 2 heterocycles. The minimum absolute atomic E-state index is 0.668. The topological polar surface area (TPSA) is 64.5 Å². The number of fused-ring (bicyclic) bond motifs is 2. The lowest BCUT2D eigenvalue weighted by molar-refractivity contribution is 1.23. The molecule has 8 nitrogen and oxygen atoms in total. The van der Waals surface area contributed by atoms with Gasteiger partial charge < -0.3 is 19.6 Å². The molecule has 2 aromatic heterocycles. The molecule has 0 amide bonds. The zero-order valence-corrected chi connectivity index (χ0v) is 44.4. The molecule has 0 unspecified atom stereocenters. The van der Waals surface area contributed by atoms with E-state index in [9.17, 15) is 0 Å². The van der Waals surface area contributed by atoms with Gasteiger partial charge in [0.15, 0.2) is 0 Å². The summed E-state index contributed by atoms with van der Waals surface area (Å²) in [5.41, 5.74) is 19.9. The van der Waals surface area contributed by atoms with E-state index in [4.69, 9.17) is 18.7 Å². The Balaban J connectivity index is 1.08. The van der Waals surface area contributed by atoms with Crippen molar-refractivity contribution in [1.82, 2.24) is 18.7 Å². The van der Waals surface area contributed by atoms with E-state index in [1.807, 2.05) is 0 Å². The molecule has 0 fully saturated rings. The van der Waals surface area contributed by atoms with Crippen LogP contribution in [0.2, 0.25) is 0 Å². The lowest BCUT2D eigenvalue weighted by atomic mass is 10.0. The third-order valence-corrected chi connectivity index (χ3v) is 14.7. The molecule has 79 heavy (non-hydrogen) atoms. The van der Waals surface area contributed by atoms with Gasteiger partial charge >= 0.3 is 0 Å². The SMILES string of the molecule is Cc1ccc(-c2nc3c(N(c4ccccc4)c4ccc(N(c5ccccc5)c5ccccc5)cc4)c4nsnc4c(N(c4ccccc4)c4ccc(N(c5ccccc5)c5ccccc5)cc4)c3nc2-c2ccc(C)cc2)cc1. The van der Waals surface area contributed by atoms with Crippen LogP contribution in [0, 0.1) is 13.8 Å². The van der Waals surface area contributed by atoms with Crippen molar-refractivity contribution in [3.05, 3.63) is 290 Å². The lowest BCUT2D eigenvalue weighted by Crippen LogP contribution is -2.16. The number of hydrogen-bond acceptors (Lipinski definition) is 9. The molecule has 0 aliphatic heterocycles. The predicted molar refractivity (Wildman–Crippen MR) is 330 cm³/mol. The minimum Gasteiger partial charge on any atom is -0.311 e. The summed E-state index contributed by atoms with van der Waals surface area (Å²) in [6.45, 7) is 4.22. The summed E-state index contributed by atoms with van der Waals surface area (Å²) in [4.78, 5) is 21.0. The predicted octanol–water partition coefficient (Wildman–Crippen LogP) is 19.5. The maximum Gasteiger partial charge on any atom is 0.133 e. The standard InChI is InChI=1S/C70H52N8S/c1-49-33-37-51(38-34-49)63-64(52-39-35-50(2)36-40-52)72-66-65(71-63)69(77(57-29-17-7-18-30-57)61-45-41-59(42-46-61)75(53-21-9-3-10-22-53)54-23-11-4-12-24-54)67-68(74-79-73-67)70(66)78(58-31-19-8-20-32-58)62-47-43-60(44-48-62)76(55-25-13-5-14-26-55)56-27-15-6-16-28-56/h3-48H,1-2H3. The smallest absolute Gasteiger partial charge is 0.133 e. The van der Waals surface area contributed by atoms with E-state index in [2.05, 4.69) is 312 Å². The highest BCUT2D eigenvalue weighted by Crippen LogP contribution is 2.51. The van der Waals surface area contributed by atoms with Crippen molar-refractivity contribution in [2.45, 2.75) is 13.8 Å². The van der Waals surface area contributed by atoms with Gasteiger partial charge in [-0.1, -0.05) is 169 Å². The van der Waals surface area contributed by atoms with Crippen molar-refractivity contribution >= 4 is 102 Å². The largest absolute Gasteiger partial charge is 0.311 e. The fraction of sp³-hybridized carbons (Fsp3) is 0.0286. The molecule has 378 valence electrons. The minimum atomic E-state index is 0.668. The number of aryl methyl sites for hydroxylation is 2. The first-order valence-electron chi connectivity index (χ1n) is 26.4. The Labute approximate surface area is 464 Å². The molecule has 0 aliphatic carbocycles. The van der Waals surface area contributed by atoms with E-state index in [0.717, 1.165) is 102 Å². The molecule has 0 radical (unpaired) electrons. The van der Waals surface area contributed by atoms with Gasteiger partial charge in [-0.25, -0.2) is 9.97 Å². The van der Waals surface area contributed by atoms with Gasteiger partial charge in [-0.05, 0) is 135 Å². The molecule has 0 N–H and O–H groups in total. The van der Waals surface area contributed by atoms with Gasteiger partial charge in [0.2, 0.25) is 0 Å². The van der Waals surface area contributed by atoms with E-state index in [-0.39, 0.29) is 0 Å². The average molecular weight is 1040 g/mol. The van der Waals surface area contributed by atoms with Crippen molar-refractivity contribution in [2.75, 3.05) is 19.6 Å². The van der Waals surface area contributed by atoms with Crippen LogP contribution in [0.4, 0.5) is 68.2 Å². The summed E-state index contributed by atoms with van der Waals surface area (Å²) in [5.74, 6) is 0. The van der Waals surface area contributed by atoms with Gasteiger partial charge in [0.05, 0.1) is 23.1 Å². The van der Waals surface area contributed by atoms with E-state index < -0.39 is 0 Å². The van der Waals surface area contributed by atoms with Crippen LogP contribution in [0.1, 0.15) is 11.1 Å². The first-order chi connectivity index (χ1) is 39.0. The Morgan fingerprint density at radius 2 is 0.468 bits per heavy atom. The van der Waals surface area contributed by atoms with E-state index in [1.165, 1.54) is 11.7 Å². The average Bonchev–Trinajstić information content (AvgIpc) is 3.48. The number of nitrogens with zero attached hydrogens (tertiary/aromatic N) is 8. The number of benzene rings is 11. The molecule has 9 heteroatoms. The van der Waals surface area contributed by atoms with Gasteiger partial charge in [0.25, 0.3) is 0 Å². The summed E-state index contributed by atoms with van der Waals surface area (Å²) in [5, 5.41) is 0. The molecule has 0 spiro atoms. The van der Waals surface area contributed by atoms with Crippen LogP contribution in [0.5, 0.6) is 0 Å². The highest BCUT2D eigenvalue weighted by molar-refractivity contribution is 7.00. The van der Waals surface area contributed by atoms with Crippen LogP contribution in [0.15, 0.2) is 279 Å². The molecule has 0 bridgehead atoms. The van der Waals surface area contributed by atoms with Crippen molar-refractivity contribution < 1.29 is 0 Å². The number of anilines is 12. The fourth-order valence-corrected chi connectivity index (χ4v) is 11.0. The maximum absolute atomic E-state index is 5.93. The van der Waals surface area contributed by atoms with Crippen LogP contribution in [-0.2, 0) is 0 Å². The van der Waals surface area contributed by atoms with Crippen molar-refractivity contribution in [3.8, 4) is 22.5 Å². The fourth-order valence-electron chi connectivity index (χ4n) is 10.4. The van der Waals surface area contributed by atoms with Crippen molar-refractivity contribution in [1.29, 1.82) is 0 Å². The Bertz CT molecular complexity index is 3820. The quantitative estimate of drug-likeness (QED) is 0.0999. The van der Waals surface area contributed by atoms with Gasteiger partial charge in [-0.2, -0.15) is 8.75 Å². The molecule has 0 saturated carbocycles. The molecule has 11 aromatic carbocycles. The molecule has 0 atom stereocenters. The Morgan fingerprint density at radius 3 is 0.734 bits per heavy atom. The summed E-state index contributed by atoms with van der Waals surface area (Å²) in [6.07, 6.45) is 0. The molecule has 0 aliphatic rings. The van der Waals surface area contributed by atoms with E-state index >= 15 is 0 Å². The number of para-hydroxylation sites is 6. The Kier molecular flexibility index (Phi) is 13.1. The first kappa shape index (κ1) is 48.4. The van der Waals surface area contributed by atoms with Gasteiger partial charge in [0, 0.05) is 68.0 Å². The normalized spacial score (nSPS) is 11.2. The lowest BCUT2D eigenvalue weighted by Gasteiger charge is -2.31. The zero-order valence-electron chi connectivity index (χ0n) is 43.5. The third kappa shape index (κ3) is 9.49. The van der Waals surface area contributed by atoms with Crippen LogP contribution in [-0.4, -0.2) is 18.7 Å². The second-order valence-electron chi connectivity index (χ2n) is 19.4. The number of aromatic nitrogens is 4. The van der Waals surface area contributed by atoms with Crippen LogP contribution < -0.4 is 19.6 Å². The maximum atomic E-state index is 5.93. The van der Waals surface area contributed by atoms with Crippen LogP contribution >= 0.6 is 11.7 Å². The highest BCUT2D eigenvalue weighted by Gasteiger charge is 2.32. The Hall–Kier alpha value is -10.2. The first-order valence-corrected chi connectivity index (χ1v) is 27.1. The second kappa shape index (κ2) is 21.4. The summed E-state index contributed by atoms with van der Waals surface area (Å²) >= 11 is 1.19. The van der Waals surface area contributed by atoms with E-state index in [1.54, 1.807) is 0 Å². The number of hydrogen-bond donors (Lipinski definition) is 0. The van der Waals surface area contributed by atoms with Gasteiger partial charge in [0.1, 0.15) is 33.4 Å². The summed E-state index contributed by atoms with van der Waals surface area (Å²) in [6, 6.07) is 97.6. The molecule has 0 saturated heterocycles. The molecular formula is C70H52N8S. The van der Waals surface area contributed by atoms with Crippen molar-refractivity contribution in [2.24, 2.45) is 0 Å². The second-order valence-corrected chi connectivity index (χ2v) is 19.9. The number of rotatable bonds is 14. The highest BCUT2D eigenvalue weighted by atomic mass is 32.1. The monoisotopic (exact) mass is 1040 g/mol. The van der Waals surface area contributed by atoms with E-state index in [0.29, 0.717) is 22.1 Å². The van der Waals surface area contributed by atoms with Gasteiger partial charge in [-0.3, -0.25) is 0 Å². The molecule has 13 aromatic rings. The summed E-state index contributed by atoms with van der Waals surface area (Å²) < 4.78 is 10.6. The summed E-state index contributed by atoms with van der Waals surface area (Å²) in [7, 11) is 0. The van der Waals surface area contributed by atoms with Crippen LogP contribution in [0.3, 0.4) is 0 Å².